The van der Waals surface area contributed by atoms with Gasteiger partial charge in [0.1, 0.15) is 11.7 Å². The van der Waals surface area contributed by atoms with Gasteiger partial charge >= 0.3 is 0 Å². The van der Waals surface area contributed by atoms with Crippen LogP contribution in [0.15, 0.2) is 65.1 Å². The molecule has 0 spiro atoms. The molecule has 1 unspecified atom stereocenters. The maximum Gasteiger partial charge on any atom is 0.178 e. The van der Waals surface area contributed by atoms with Gasteiger partial charge in [-0.25, -0.2) is 0 Å². The van der Waals surface area contributed by atoms with Gasteiger partial charge in [0.15, 0.2) is 11.6 Å². The first kappa shape index (κ1) is 18.0. The Hall–Kier alpha value is -2.33. The largest absolute Gasteiger partial charge is 0.299 e. The molecule has 0 N–H and O–H groups in total. The van der Waals surface area contributed by atoms with Crippen LogP contribution in [-0.4, -0.2) is 17.3 Å². The van der Waals surface area contributed by atoms with Crippen molar-refractivity contribution in [2.45, 2.75) is 13.8 Å². The summed E-state index contributed by atoms with van der Waals surface area (Å²) in [6.45, 7) is 2.78. The van der Waals surface area contributed by atoms with Gasteiger partial charge in [0, 0.05) is 10.0 Å². The molecule has 122 valence electrons. The van der Waals surface area contributed by atoms with E-state index in [-0.39, 0.29) is 17.3 Å². The number of Topliss-reactive ketones (excluding diaryl/α,β-unsaturated/α-hetero) is 2. The van der Waals surface area contributed by atoms with Crippen LogP contribution in [0.1, 0.15) is 29.8 Å². The molecular weight excluding hydrogens is 368 g/mol. The molecule has 0 aliphatic carbocycles. The van der Waals surface area contributed by atoms with Crippen LogP contribution in [0.4, 0.5) is 0 Å². The van der Waals surface area contributed by atoms with Gasteiger partial charge in [-0.3, -0.25) is 14.4 Å². The average Bonchev–Trinajstić information content (AvgIpc) is 2.54. The maximum absolute atomic E-state index is 13.0. The maximum atomic E-state index is 13.0. The van der Waals surface area contributed by atoms with Gasteiger partial charge in [0.05, 0.1) is 0 Å². The van der Waals surface area contributed by atoms with Crippen molar-refractivity contribution in [1.82, 2.24) is 0 Å². The van der Waals surface area contributed by atoms with E-state index in [2.05, 4.69) is 15.9 Å². The van der Waals surface area contributed by atoms with Gasteiger partial charge in [-0.1, -0.05) is 64.5 Å². The molecule has 0 fully saturated rings. The second-order valence-corrected chi connectivity index (χ2v) is 6.32. The first-order valence-electron chi connectivity index (χ1n) is 7.48. The van der Waals surface area contributed by atoms with Gasteiger partial charge in [0.25, 0.3) is 0 Å². The molecule has 0 aliphatic heterocycles. The highest BCUT2D eigenvalue weighted by atomic mass is 79.9. The van der Waals surface area contributed by atoms with Crippen molar-refractivity contribution in [2.75, 3.05) is 0 Å². The lowest BCUT2D eigenvalue weighted by atomic mass is 9.83. The van der Waals surface area contributed by atoms with Crippen LogP contribution in [0.25, 0.3) is 5.57 Å². The molecular formula is C20H17BrO3. The molecule has 24 heavy (non-hydrogen) atoms. The Labute approximate surface area is 149 Å². The highest BCUT2D eigenvalue weighted by Crippen LogP contribution is 2.30. The third-order valence-corrected chi connectivity index (χ3v) is 4.28. The van der Waals surface area contributed by atoms with E-state index < -0.39 is 5.92 Å². The van der Waals surface area contributed by atoms with Gasteiger partial charge < -0.3 is 0 Å². The summed E-state index contributed by atoms with van der Waals surface area (Å²) in [7, 11) is 0. The van der Waals surface area contributed by atoms with Crippen LogP contribution >= 0.6 is 15.9 Å². The Balaban J connectivity index is 2.59. The molecule has 0 saturated carbocycles. The zero-order valence-corrected chi connectivity index (χ0v) is 15.0. The molecule has 0 saturated heterocycles. The normalized spacial score (nSPS) is 12.5. The summed E-state index contributed by atoms with van der Waals surface area (Å²) in [5.74, 6) is -1.85. The molecule has 0 aromatic heterocycles. The smallest absolute Gasteiger partial charge is 0.178 e. The van der Waals surface area contributed by atoms with E-state index in [1.54, 1.807) is 36.4 Å². The SMILES string of the molecule is CC(=O)/C=C(/c1ccccc1)C(C(C)=O)C(=O)c1ccccc1Br. The van der Waals surface area contributed by atoms with E-state index in [0.29, 0.717) is 21.2 Å². The van der Waals surface area contributed by atoms with Gasteiger partial charge in [-0.15, -0.1) is 0 Å². The zero-order valence-electron chi connectivity index (χ0n) is 13.5. The van der Waals surface area contributed by atoms with Gasteiger partial charge in [0.2, 0.25) is 0 Å². The Morgan fingerprint density at radius 1 is 0.917 bits per heavy atom. The fraction of sp³-hybridized carbons (Fsp3) is 0.150. The average molecular weight is 385 g/mol. The number of allylic oxidation sites excluding steroid dienone is 2. The minimum Gasteiger partial charge on any atom is -0.299 e. The summed E-state index contributed by atoms with van der Waals surface area (Å²) in [5.41, 5.74) is 1.53. The number of carbonyl (C=O) groups excluding carboxylic acids is 3. The fourth-order valence-electron chi connectivity index (χ4n) is 2.54. The summed E-state index contributed by atoms with van der Waals surface area (Å²) in [6.07, 6.45) is 1.37. The number of hydrogen-bond donors (Lipinski definition) is 0. The minimum atomic E-state index is -1.02. The van der Waals surface area contributed by atoms with E-state index in [1.807, 2.05) is 18.2 Å². The summed E-state index contributed by atoms with van der Waals surface area (Å²) in [5, 5.41) is 0. The number of hydrogen-bond acceptors (Lipinski definition) is 3. The van der Waals surface area contributed by atoms with E-state index in [0.717, 1.165) is 0 Å². The summed E-state index contributed by atoms with van der Waals surface area (Å²) in [6, 6.07) is 16.0. The molecule has 2 aromatic carbocycles. The highest BCUT2D eigenvalue weighted by molar-refractivity contribution is 9.10. The quantitative estimate of drug-likeness (QED) is 0.418. The van der Waals surface area contributed by atoms with Crippen LogP contribution in [0.5, 0.6) is 0 Å². The number of halogens is 1. The topological polar surface area (TPSA) is 51.2 Å². The van der Waals surface area contributed by atoms with Crippen LogP contribution in [0, 0.1) is 5.92 Å². The Morgan fingerprint density at radius 3 is 2.04 bits per heavy atom. The fourth-order valence-corrected chi connectivity index (χ4v) is 3.02. The van der Waals surface area contributed by atoms with Crippen molar-refractivity contribution in [3.8, 4) is 0 Å². The second kappa shape index (κ2) is 7.97. The van der Waals surface area contributed by atoms with Crippen LogP contribution in [0.2, 0.25) is 0 Å². The van der Waals surface area contributed by atoms with Crippen molar-refractivity contribution in [1.29, 1.82) is 0 Å². The van der Waals surface area contributed by atoms with Gasteiger partial charge in [-0.05, 0) is 37.1 Å². The number of benzene rings is 2. The molecule has 3 nitrogen and oxygen atoms in total. The highest BCUT2D eigenvalue weighted by Gasteiger charge is 2.30. The first-order chi connectivity index (χ1) is 11.4. The lowest BCUT2D eigenvalue weighted by Crippen LogP contribution is -2.24. The Bertz CT molecular complexity index is 807. The monoisotopic (exact) mass is 384 g/mol. The minimum absolute atomic E-state index is 0.208. The predicted octanol–water partition coefficient (Wildman–Crippen LogP) is 4.51. The number of ketones is 3. The van der Waals surface area contributed by atoms with Crippen molar-refractivity contribution in [3.05, 3.63) is 76.3 Å². The summed E-state index contributed by atoms with van der Waals surface area (Å²) < 4.78 is 0.622. The summed E-state index contributed by atoms with van der Waals surface area (Å²) >= 11 is 3.35. The van der Waals surface area contributed by atoms with E-state index in [9.17, 15) is 14.4 Å². The molecule has 0 heterocycles. The molecule has 4 heteroatoms. The molecule has 2 rings (SSSR count). The van der Waals surface area contributed by atoms with E-state index >= 15 is 0 Å². The third-order valence-electron chi connectivity index (χ3n) is 3.58. The molecule has 1 atom stereocenters. The van der Waals surface area contributed by atoms with Crippen LogP contribution in [-0.2, 0) is 9.59 Å². The summed E-state index contributed by atoms with van der Waals surface area (Å²) in [4.78, 5) is 37.0. The van der Waals surface area contributed by atoms with E-state index in [4.69, 9.17) is 0 Å². The lowest BCUT2D eigenvalue weighted by Gasteiger charge is -2.18. The van der Waals surface area contributed by atoms with Crippen molar-refractivity contribution in [2.24, 2.45) is 5.92 Å². The Kier molecular flexibility index (Phi) is 5.99. The Morgan fingerprint density at radius 2 is 1.50 bits per heavy atom. The standard InChI is InChI=1S/C20H17BrO3/c1-13(22)12-17(15-8-4-3-5-9-15)19(14(2)23)20(24)16-10-6-7-11-18(16)21/h3-12,19H,1-2H3/b17-12-. The molecule has 0 amide bonds. The first-order valence-corrected chi connectivity index (χ1v) is 8.28. The van der Waals surface area contributed by atoms with Crippen LogP contribution < -0.4 is 0 Å². The number of rotatable bonds is 6. The van der Waals surface area contributed by atoms with Gasteiger partial charge in [-0.2, -0.15) is 0 Å². The molecule has 2 aromatic rings. The van der Waals surface area contributed by atoms with Crippen molar-refractivity contribution >= 4 is 38.9 Å². The van der Waals surface area contributed by atoms with Crippen molar-refractivity contribution < 1.29 is 14.4 Å². The lowest BCUT2D eigenvalue weighted by molar-refractivity contribution is -0.118. The zero-order chi connectivity index (χ0) is 17.7. The molecule has 0 bridgehead atoms. The van der Waals surface area contributed by atoms with E-state index in [1.165, 1.54) is 19.9 Å². The second-order valence-electron chi connectivity index (χ2n) is 5.46. The third kappa shape index (κ3) is 4.15. The number of carbonyl (C=O) groups is 3. The molecule has 0 aliphatic rings. The predicted molar refractivity (Wildman–Crippen MR) is 97.7 cm³/mol. The van der Waals surface area contributed by atoms with Crippen LogP contribution in [0.3, 0.4) is 0 Å². The molecule has 0 radical (unpaired) electrons. The van der Waals surface area contributed by atoms with Crippen molar-refractivity contribution in [3.63, 3.8) is 0 Å².